The summed E-state index contributed by atoms with van der Waals surface area (Å²) in [6, 6.07) is 2.10. The first kappa shape index (κ1) is 18.0. The van der Waals surface area contributed by atoms with Gasteiger partial charge >= 0.3 is 0 Å². The molecule has 0 N–H and O–H groups in total. The van der Waals surface area contributed by atoms with E-state index in [0.29, 0.717) is 19.4 Å². The lowest BCUT2D eigenvalue weighted by Crippen LogP contribution is -2.65. The van der Waals surface area contributed by atoms with Crippen LogP contribution in [0.3, 0.4) is 0 Å². The van der Waals surface area contributed by atoms with Gasteiger partial charge in [0, 0.05) is 44.4 Å². The van der Waals surface area contributed by atoms with Crippen molar-refractivity contribution in [1.29, 1.82) is 0 Å². The predicted molar refractivity (Wildman–Crippen MR) is 96.0 cm³/mol. The van der Waals surface area contributed by atoms with Gasteiger partial charge in [0.05, 0.1) is 11.6 Å². The average Bonchev–Trinajstić information content (AvgIpc) is 2.90. The minimum absolute atomic E-state index is 0.138. The molecule has 3 heterocycles. The van der Waals surface area contributed by atoms with Gasteiger partial charge in [0.2, 0.25) is 11.8 Å². The fourth-order valence-corrected chi connectivity index (χ4v) is 4.70. The van der Waals surface area contributed by atoms with E-state index in [1.165, 1.54) is 0 Å². The molecule has 0 aliphatic carbocycles. The standard InChI is InChI=1S/C19H30N4O2/c1-4-22-18(25)8-7-16-19(22,3)11-5-6-13-21(16)17(24)10-14-23-15(2)9-12-20-23/h9,12,16H,4-8,10-11,13-14H2,1-3H3/t16-,19-/m0/s1. The molecule has 2 atom stereocenters. The maximum absolute atomic E-state index is 13.0. The van der Waals surface area contributed by atoms with Gasteiger partial charge in [-0.05, 0) is 52.5 Å². The smallest absolute Gasteiger partial charge is 0.224 e. The summed E-state index contributed by atoms with van der Waals surface area (Å²) in [7, 11) is 0. The zero-order valence-corrected chi connectivity index (χ0v) is 15.7. The summed E-state index contributed by atoms with van der Waals surface area (Å²) in [5.74, 6) is 0.432. The van der Waals surface area contributed by atoms with Gasteiger partial charge in [0.1, 0.15) is 0 Å². The Hall–Kier alpha value is -1.85. The highest BCUT2D eigenvalue weighted by molar-refractivity contribution is 5.80. The molecule has 1 aromatic heterocycles. The van der Waals surface area contributed by atoms with Crippen molar-refractivity contribution in [2.45, 2.75) is 77.4 Å². The molecule has 0 aromatic carbocycles. The van der Waals surface area contributed by atoms with Crippen molar-refractivity contribution in [3.63, 3.8) is 0 Å². The molecule has 0 saturated carbocycles. The Kier molecular flexibility index (Phi) is 5.16. The number of likely N-dealkylation sites (tertiary alicyclic amines) is 2. The van der Waals surface area contributed by atoms with Crippen LogP contribution in [0.15, 0.2) is 12.3 Å². The van der Waals surface area contributed by atoms with E-state index in [2.05, 4.69) is 16.9 Å². The maximum Gasteiger partial charge on any atom is 0.224 e. The molecule has 2 fully saturated rings. The van der Waals surface area contributed by atoms with Crippen molar-refractivity contribution < 1.29 is 9.59 Å². The van der Waals surface area contributed by atoms with Crippen molar-refractivity contribution in [2.75, 3.05) is 13.1 Å². The molecule has 6 nitrogen and oxygen atoms in total. The van der Waals surface area contributed by atoms with E-state index in [-0.39, 0.29) is 23.4 Å². The summed E-state index contributed by atoms with van der Waals surface area (Å²) in [6.45, 7) is 8.38. The lowest BCUT2D eigenvalue weighted by molar-refractivity contribution is -0.152. The number of amides is 2. The maximum atomic E-state index is 13.0. The van der Waals surface area contributed by atoms with E-state index < -0.39 is 0 Å². The van der Waals surface area contributed by atoms with Crippen molar-refractivity contribution in [2.24, 2.45) is 0 Å². The topological polar surface area (TPSA) is 58.4 Å². The number of hydrogen-bond donors (Lipinski definition) is 0. The van der Waals surface area contributed by atoms with Crippen molar-refractivity contribution in [3.8, 4) is 0 Å². The first-order valence-corrected chi connectivity index (χ1v) is 9.55. The number of aromatic nitrogens is 2. The molecule has 25 heavy (non-hydrogen) atoms. The molecule has 2 aliphatic heterocycles. The van der Waals surface area contributed by atoms with E-state index in [1.807, 2.05) is 29.5 Å². The van der Waals surface area contributed by atoms with Crippen LogP contribution in [0.5, 0.6) is 0 Å². The summed E-state index contributed by atoms with van der Waals surface area (Å²) < 4.78 is 1.89. The molecule has 138 valence electrons. The van der Waals surface area contributed by atoms with E-state index in [1.54, 1.807) is 6.20 Å². The van der Waals surface area contributed by atoms with Crippen LogP contribution in [0.1, 0.15) is 58.1 Å². The Balaban J connectivity index is 1.76. The van der Waals surface area contributed by atoms with Crippen molar-refractivity contribution in [3.05, 3.63) is 18.0 Å². The second-order valence-electron chi connectivity index (χ2n) is 7.54. The largest absolute Gasteiger partial charge is 0.337 e. The normalized spacial score (nSPS) is 27.2. The van der Waals surface area contributed by atoms with Crippen LogP contribution in [0.2, 0.25) is 0 Å². The fourth-order valence-electron chi connectivity index (χ4n) is 4.70. The van der Waals surface area contributed by atoms with E-state index in [0.717, 1.165) is 44.5 Å². The summed E-state index contributed by atoms with van der Waals surface area (Å²) >= 11 is 0. The number of likely N-dealkylation sites (N-methyl/N-ethyl adjacent to an activating group) is 1. The quantitative estimate of drug-likeness (QED) is 0.841. The number of carbonyl (C=O) groups is 2. The summed E-state index contributed by atoms with van der Waals surface area (Å²) in [5, 5.41) is 4.27. The number of fused-ring (bicyclic) bond motifs is 1. The van der Waals surface area contributed by atoms with Gasteiger partial charge in [-0.15, -0.1) is 0 Å². The number of hydrogen-bond acceptors (Lipinski definition) is 3. The molecule has 1 aromatic rings. The van der Waals surface area contributed by atoms with Gasteiger partial charge in [-0.1, -0.05) is 0 Å². The predicted octanol–water partition coefficient (Wildman–Crippen LogP) is 2.36. The second-order valence-corrected chi connectivity index (χ2v) is 7.54. The average molecular weight is 346 g/mol. The first-order chi connectivity index (χ1) is 12.0. The van der Waals surface area contributed by atoms with Gasteiger partial charge < -0.3 is 9.80 Å². The lowest BCUT2D eigenvalue weighted by Gasteiger charge is -2.52. The van der Waals surface area contributed by atoms with Crippen molar-refractivity contribution in [1.82, 2.24) is 19.6 Å². The zero-order valence-electron chi connectivity index (χ0n) is 15.7. The second kappa shape index (κ2) is 7.18. The molecule has 2 amide bonds. The molecule has 0 spiro atoms. The van der Waals surface area contributed by atoms with Crippen LogP contribution in [0.4, 0.5) is 0 Å². The SMILES string of the molecule is CCN1C(=O)CC[C@@H]2N(C(=O)CCn3nccc3C)CCCC[C@@]21C. The zero-order chi connectivity index (χ0) is 18.0. The summed E-state index contributed by atoms with van der Waals surface area (Å²) in [5.41, 5.74) is 0.853. The molecule has 0 bridgehead atoms. The molecular formula is C19H30N4O2. The Morgan fingerprint density at radius 2 is 2.20 bits per heavy atom. The number of aryl methyl sites for hydroxylation is 2. The van der Waals surface area contributed by atoms with Crippen LogP contribution in [0, 0.1) is 6.92 Å². The van der Waals surface area contributed by atoms with Gasteiger partial charge in [0.15, 0.2) is 0 Å². The number of carbonyl (C=O) groups excluding carboxylic acids is 2. The highest BCUT2D eigenvalue weighted by Crippen LogP contribution is 2.38. The molecule has 2 aliphatic rings. The molecule has 2 saturated heterocycles. The molecule has 6 heteroatoms. The summed E-state index contributed by atoms with van der Waals surface area (Å²) in [4.78, 5) is 29.5. The van der Waals surface area contributed by atoms with Crippen LogP contribution in [-0.4, -0.2) is 56.1 Å². The molecule has 0 unspecified atom stereocenters. The van der Waals surface area contributed by atoms with E-state index in [9.17, 15) is 9.59 Å². The lowest BCUT2D eigenvalue weighted by atomic mass is 9.79. The van der Waals surface area contributed by atoms with Crippen LogP contribution < -0.4 is 0 Å². The number of rotatable bonds is 4. The van der Waals surface area contributed by atoms with Crippen LogP contribution in [0.25, 0.3) is 0 Å². The Morgan fingerprint density at radius 3 is 2.88 bits per heavy atom. The van der Waals surface area contributed by atoms with E-state index in [4.69, 9.17) is 0 Å². The fraction of sp³-hybridized carbons (Fsp3) is 0.737. The van der Waals surface area contributed by atoms with Crippen LogP contribution in [-0.2, 0) is 16.1 Å². The Bertz CT molecular complexity index is 641. The third kappa shape index (κ3) is 3.31. The minimum Gasteiger partial charge on any atom is -0.337 e. The first-order valence-electron chi connectivity index (χ1n) is 9.55. The van der Waals surface area contributed by atoms with Gasteiger partial charge in [-0.3, -0.25) is 14.3 Å². The number of nitrogens with zero attached hydrogens (tertiary/aromatic N) is 4. The molecule has 3 rings (SSSR count). The highest BCUT2D eigenvalue weighted by Gasteiger charge is 2.49. The van der Waals surface area contributed by atoms with E-state index >= 15 is 0 Å². The summed E-state index contributed by atoms with van der Waals surface area (Å²) in [6.07, 6.45) is 6.65. The van der Waals surface area contributed by atoms with Crippen LogP contribution >= 0.6 is 0 Å². The monoisotopic (exact) mass is 346 g/mol. The molecule has 0 radical (unpaired) electrons. The van der Waals surface area contributed by atoms with Gasteiger partial charge in [0.25, 0.3) is 0 Å². The highest BCUT2D eigenvalue weighted by atomic mass is 16.2. The Labute approximate surface area is 150 Å². The van der Waals surface area contributed by atoms with Crippen molar-refractivity contribution >= 4 is 11.8 Å². The third-order valence-electron chi connectivity index (χ3n) is 6.08. The van der Waals surface area contributed by atoms with Gasteiger partial charge in [-0.2, -0.15) is 5.10 Å². The molecular weight excluding hydrogens is 316 g/mol. The number of piperidine rings is 1. The van der Waals surface area contributed by atoms with Gasteiger partial charge in [-0.25, -0.2) is 0 Å². The Morgan fingerprint density at radius 1 is 1.40 bits per heavy atom. The third-order valence-corrected chi connectivity index (χ3v) is 6.08. The minimum atomic E-state index is -0.224.